The van der Waals surface area contributed by atoms with Crippen molar-refractivity contribution in [3.05, 3.63) is 50.4 Å². The lowest BCUT2D eigenvalue weighted by Gasteiger charge is -2.36. The number of piperazine rings is 1. The summed E-state index contributed by atoms with van der Waals surface area (Å²) in [7, 11) is 0. The number of rotatable bonds is 5. The second kappa shape index (κ2) is 11.9. The third-order valence-corrected chi connectivity index (χ3v) is 6.18. The molecule has 0 radical (unpaired) electrons. The van der Waals surface area contributed by atoms with Gasteiger partial charge in [-0.1, -0.05) is 23.7 Å². The van der Waals surface area contributed by atoms with E-state index in [4.69, 9.17) is 16.6 Å². The van der Waals surface area contributed by atoms with Gasteiger partial charge in [0.2, 0.25) is 5.91 Å². The van der Waals surface area contributed by atoms with Crippen molar-refractivity contribution in [2.75, 3.05) is 32.7 Å². The molecule has 1 aromatic heterocycles. The Kier molecular flexibility index (Phi) is 9.83. The first kappa shape index (κ1) is 24.9. The van der Waals surface area contributed by atoms with Crippen LogP contribution >= 0.6 is 46.9 Å². The number of thiazole rings is 1. The number of guanidine groups is 1. The van der Waals surface area contributed by atoms with Gasteiger partial charge in [0.1, 0.15) is 0 Å². The molecule has 0 spiro atoms. The molecule has 2 aromatic rings. The molecule has 9 heteroatoms. The van der Waals surface area contributed by atoms with Crippen LogP contribution in [0, 0.1) is 13.8 Å². The average molecular weight is 562 g/mol. The zero-order valence-electron chi connectivity index (χ0n) is 17.7. The number of benzene rings is 1. The van der Waals surface area contributed by atoms with Crippen LogP contribution in [0.25, 0.3) is 0 Å². The molecule has 1 fully saturated rings. The van der Waals surface area contributed by atoms with Gasteiger partial charge in [-0.2, -0.15) is 0 Å². The van der Waals surface area contributed by atoms with E-state index in [9.17, 15) is 4.79 Å². The minimum Gasteiger partial charge on any atom is -0.357 e. The molecule has 164 valence electrons. The molecule has 1 aliphatic heterocycles. The molecule has 3 rings (SSSR count). The third-order valence-electron chi connectivity index (χ3n) is 4.88. The van der Waals surface area contributed by atoms with Crippen LogP contribution in [0.3, 0.4) is 0 Å². The van der Waals surface area contributed by atoms with Crippen molar-refractivity contribution < 1.29 is 4.79 Å². The smallest absolute Gasteiger partial charge is 0.227 e. The number of nitrogens with one attached hydrogen (secondary N) is 1. The Labute approximate surface area is 204 Å². The van der Waals surface area contributed by atoms with Gasteiger partial charge in [0.25, 0.3) is 0 Å². The van der Waals surface area contributed by atoms with Gasteiger partial charge >= 0.3 is 0 Å². The van der Waals surface area contributed by atoms with E-state index in [0.717, 1.165) is 41.9 Å². The summed E-state index contributed by atoms with van der Waals surface area (Å²) in [6.07, 6.45) is 0.388. The zero-order chi connectivity index (χ0) is 20.8. The number of hydrogen-bond acceptors (Lipinski definition) is 4. The van der Waals surface area contributed by atoms with E-state index in [1.165, 1.54) is 4.88 Å². The third kappa shape index (κ3) is 6.81. The van der Waals surface area contributed by atoms with E-state index >= 15 is 0 Å². The van der Waals surface area contributed by atoms with E-state index in [-0.39, 0.29) is 29.9 Å². The molecule has 1 saturated heterocycles. The molecule has 0 saturated carbocycles. The molecule has 0 bridgehead atoms. The normalized spacial score (nSPS) is 14.5. The van der Waals surface area contributed by atoms with Gasteiger partial charge < -0.3 is 15.1 Å². The summed E-state index contributed by atoms with van der Waals surface area (Å²) in [5.74, 6) is 1.05. The van der Waals surface area contributed by atoms with Crippen molar-refractivity contribution in [3.63, 3.8) is 0 Å². The van der Waals surface area contributed by atoms with Gasteiger partial charge in [-0.15, -0.1) is 35.3 Å². The molecule has 1 aliphatic rings. The maximum Gasteiger partial charge on any atom is 0.227 e. The molecule has 0 unspecified atom stereocenters. The predicted octanol–water partition coefficient (Wildman–Crippen LogP) is 3.88. The quantitative estimate of drug-likeness (QED) is 0.342. The molecule has 6 nitrogen and oxygen atoms in total. The molecule has 2 heterocycles. The molecule has 0 atom stereocenters. The van der Waals surface area contributed by atoms with Crippen molar-refractivity contribution in [2.24, 2.45) is 4.99 Å². The fraction of sp³-hybridized carbons (Fsp3) is 0.476. The Morgan fingerprint density at radius 1 is 1.23 bits per heavy atom. The number of aryl methyl sites for hydroxylation is 2. The maximum atomic E-state index is 12.6. The number of hydrogen-bond donors (Lipinski definition) is 1. The Morgan fingerprint density at radius 3 is 2.53 bits per heavy atom. The van der Waals surface area contributed by atoms with E-state index in [1.54, 1.807) is 11.3 Å². The summed E-state index contributed by atoms with van der Waals surface area (Å²) >= 11 is 7.73. The first-order valence-corrected chi connectivity index (χ1v) is 11.1. The molecule has 0 aliphatic carbocycles. The number of amides is 1. The number of carbonyl (C=O) groups excluding carboxylic acids is 1. The van der Waals surface area contributed by atoms with Gasteiger partial charge in [-0.05, 0) is 38.5 Å². The summed E-state index contributed by atoms with van der Waals surface area (Å²) in [5.41, 5.74) is 2.01. The highest BCUT2D eigenvalue weighted by Gasteiger charge is 2.23. The predicted molar refractivity (Wildman–Crippen MR) is 135 cm³/mol. The Morgan fingerprint density at radius 2 is 1.93 bits per heavy atom. The summed E-state index contributed by atoms with van der Waals surface area (Å²) in [5, 5.41) is 5.12. The zero-order valence-corrected chi connectivity index (χ0v) is 21.6. The fourth-order valence-electron chi connectivity index (χ4n) is 3.39. The lowest BCUT2D eigenvalue weighted by atomic mass is 10.1. The van der Waals surface area contributed by atoms with E-state index in [2.05, 4.69) is 22.1 Å². The minimum absolute atomic E-state index is 0. The number of nitrogens with zero attached hydrogens (tertiary/aromatic N) is 4. The molecular formula is C21H29ClIN5OS. The Hall–Kier alpha value is -1.39. The van der Waals surface area contributed by atoms with E-state index in [0.29, 0.717) is 31.1 Å². The number of halogens is 2. The summed E-state index contributed by atoms with van der Waals surface area (Å²) in [6, 6.07) is 7.51. The van der Waals surface area contributed by atoms with Gasteiger partial charge in [0, 0.05) is 42.6 Å². The first-order valence-electron chi connectivity index (χ1n) is 9.94. The molecule has 1 amide bonds. The molecule has 30 heavy (non-hydrogen) atoms. The van der Waals surface area contributed by atoms with Crippen LogP contribution in [0.1, 0.15) is 28.1 Å². The second-order valence-corrected chi connectivity index (χ2v) is 8.81. The van der Waals surface area contributed by atoms with Crippen molar-refractivity contribution >= 4 is 58.8 Å². The standard InChI is InChI=1S/C21H28ClN5OS.HI/c1-4-23-21(24-14-19-15(2)25-16(3)29-19)27-10-8-26(9-11-27)20(28)13-17-6-5-7-18(22)12-17;/h5-7,12H,4,8-11,13-14H2,1-3H3,(H,23,24);1H. The van der Waals surface area contributed by atoms with Crippen molar-refractivity contribution in [1.82, 2.24) is 20.1 Å². The van der Waals surface area contributed by atoms with Gasteiger partial charge in [-0.3, -0.25) is 4.79 Å². The van der Waals surface area contributed by atoms with Gasteiger partial charge in [0.15, 0.2) is 5.96 Å². The van der Waals surface area contributed by atoms with Crippen LogP contribution in [0.2, 0.25) is 5.02 Å². The van der Waals surface area contributed by atoms with Crippen LogP contribution in [0.5, 0.6) is 0 Å². The van der Waals surface area contributed by atoms with Crippen LogP contribution in [-0.4, -0.2) is 59.4 Å². The average Bonchev–Trinajstić information content (AvgIpc) is 3.02. The highest BCUT2D eigenvalue weighted by Crippen LogP contribution is 2.18. The molecule has 1 N–H and O–H groups in total. The number of aliphatic imine (C=N–C) groups is 1. The fourth-order valence-corrected chi connectivity index (χ4v) is 4.47. The van der Waals surface area contributed by atoms with Gasteiger partial charge in [0.05, 0.1) is 23.7 Å². The number of aromatic nitrogens is 1. The second-order valence-electron chi connectivity index (χ2n) is 7.09. The van der Waals surface area contributed by atoms with E-state index in [1.807, 2.05) is 43.0 Å². The monoisotopic (exact) mass is 561 g/mol. The minimum atomic E-state index is 0. The highest BCUT2D eigenvalue weighted by molar-refractivity contribution is 14.0. The SMILES string of the molecule is CCNC(=NCc1sc(C)nc1C)N1CCN(C(=O)Cc2cccc(Cl)c2)CC1.I. The largest absolute Gasteiger partial charge is 0.357 e. The molecule has 1 aromatic carbocycles. The van der Waals surface area contributed by atoms with Crippen LogP contribution < -0.4 is 5.32 Å². The van der Waals surface area contributed by atoms with Crippen LogP contribution in [0.4, 0.5) is 0 Å². The Balaban J connectivity index is 0.00000320. The number of carbonyl (C=O) groups is 1. The summed E-state index contributed by atoms with van der Waals surface area (Å²) in [6.45, 7) is 10.5. The first-order chi connectivity index (χ1) is 14.0. The van der Waals surface area contributed by atoms with Gasteiger partial charge in [-0.25, -0.2) is 9.98 Å². The Bertz CT molecular complexity index is 880. The summed E-state index contributed by atoms with van der Waals surface area (Å²) in [4.78, 5) is 27.3. The molecular weight excluding hydrogens is 533 g/mol. The van der Waals surface area contributed by atoms with E-state index < -0.39 is 0 Å². The topological polar surface area (TPSA) is 60.8 Å². The van der Waals surface area contributed by atoms with Crippen LogP contribution in [-0.2, 0) is 17.8 Å². The van der Waals surface area contributed by atoms with Crippen molar-refractivity contribution in [1.29, 1.82) is 0 Å². The van der Waals surface area contributed by atoms with Crippen molar-refractivity contribution in [3.8, 4) is 0 Å². The lowest BCUT2D eigenvalue weighted by molar-refractivity contribution is -0.131. The summed E-state index contributed by atoms with van der Waals surface area (Å²) < 4.78 is 0. The highest BCUT2D eigenvalue weighted by atomic mass is 127. The van der Waals surface area contributed by atoms with Crippen LogP contribution in [0.15, 0.2) is 29.3 Å². The van der Waals surface area contributed by atoms with Crippen molar-refractivity contribution in [2.45, 2.75) is 33.7 Å². The lowest BCUT2D eigenvalue weighted by Crippen LogP contribution is -2.54. The maximum absolute atomic E-state index is 12.6.